The summed E-state index contributed by atoms with van der Waals surface area (Å²) in [5.41, 5.74) is 1.13. The average molecular weight is 435 g/mol. The van der Waals surface area contributed by atoms with Crippen molar-refractivity contribution in [1.82, 2.24) is 14.9 Å². The number of carboxylic acid groups (broad SMARTS) is 1. The van der Waals surface area contributed by atoms with Crippen LogP contribution in [0.15, 0.2) is 29.4 Å². The summed E-state index contributed by atoms with van der Waals surface area (Å²) < 4.78 is 38.0. The van der Waals surface area contributed by atoms with Crippen LogP contribution in [0.3, 0.4) is 0 Å². The minimum atomic E-state index is -3.49. The Labute approximate surface area is 173 Å². The van der Waals surface area contributed by atoms with E-state index in [0.29, 0.717) is 50.5 Å². The molecule has 9 nitrogen and oxygen atoms in total. The Balaban J connectivity index is 1.55. The maximum absolute atomic E-state index is 14.7. The molecule has 3 heterocycles. The third-order valence-electron chi connectivity index (χ3n) is 5.51. The van der Waals surface area contributed by atoms with Gasteiger partial charge >= 0.3 is 6.09 Å². The van der Waals surface area contributed by atoms with Crippen molar-refractivity contribution in [3.05, 3.63) is 35.9 Å². The van der Waals surface area contributed by atoms with E-state index in [9.17, 15) is 17.6 Å². The summed E-state index contributed by atoms with van der Waals surface area (Å²) in [6.07, 6.45) is 3.51. The highest BCUT2D eigenvalue weighted by Gasteiger charge is 2.29. The molecule has 2 aromatic rings. The van der Waals surface area contributed by atoms with E-state index >= 15 is 0 Å². The monoisotopic (exact) mass is 435 g/mol. The molecular weight excluding hydrogens is 413 g/mol. The molecule has 1 aromatic heterocycles. The molecule has 30 heavy (non-hydrogen) atoms. The van der Waals surface area contributed by atoms with Gasteiger partial charge in [0.05, 0.1) is 10.6 Å². The number of hydrogen-bond acceptors (Lipinski definition) is 7. The molecule has 160 valence electrons. The lowest BCUT2D eigenvalue weighted by molar-refractivity contribution is 0.133. The van der Waals surface area contributed by atoms with Gasteiger partial charge in [-0.1, -0.05) is 0 Å². The summed E-state index contributed by atoms with van der Waals surface area (Å²) >= 11 is 0. The highest BCUT2D eigenvalue weighted by molar-refractivity contribution is 7.90. The third-order valence-corrected chi connectivity index (χ3v) is 6.62. The number of anilines is 3. The number of nitrogens with one attached hydrogen (secondary N) is 1. The van der Waals surface area contributed by atoms with Crippen molar-refractivity contribution >= 4 is 33.3 Å². The number of piperidine rings is 1. The first-order chi connectivity index (χ1) is 14.2. The molecule has 1 amide bonds. The molecule has 0 unspecified atom stereocenters. The Morgan fingerprint density at radius 1 is 1.23 bits per heavy atom. The summed E-state index contributed by atoms with van der Waals surface area (Å²) in [6, 6.07) is 3.97. The number of amides is 1. The molecule has 2 aliphatic heterocycles. The maximum atomic E-state index is 14.7. The van der Waals surface area contributed by atoms with Crippen molar-refractivity contribution < 1.29 is 22.7 Å². The van der Waals surface area contributed by atoms with E-state index in [1.54, 1.807) is 4.90 Å². The fourth-order valence-electron chi connectivity index (χ4n) is 3.90. The zero-order chi connectivity index (χ0) is 21.5. The molecular formula is C19H22FN5O4S. The number of fused-ring (bicyclic) bond motifs is 1. The van der Waals surface area contributed by atoms with Crippen molar-refractivity contribution in [2.24, 2.45) is 0 Å². The minimum Gasteiger partial charge on any atom is -0.465 e. The lowest BCUT2D eigenvalue weighted by Crippen LogP contribution is -2.41. The second kappa shape index (κ2) is 7.71. The van der Waals surface area contributed by atoms with Crippen molar-refractivity contribution in [2.45, 2.75) is 30.2 Å². The third kappa shape index (κ3) is 3.89. The van der Waals surface area contributed by atoms with Gasteiger partial charge in [-0.3, -0.25) is 0 Å². The predicted molar refractivity (Wildman–Crippen MR) is 108 cm³/mol. The molecule has 0 saturated carbocycles. The van der Waals surface area contributed by atoms with Gasteiger partial charge < -0.3 is 20.2 Å². The van der Waals surface area contributed by atoms with Crippen LogP contribution in [0.1, 0.15) is 18.4 Å². The molecule has 0 spiro atoms. The Morgan fingerprint density at radius 2 is 1.97 bits per heavy atom. The molecule has 1 saturated heterocycles. The van der Waals surface area contributed by atoms with Gasteiger partial charge in [0.2, 0.25) is 0 Å². The molecule has 0 radical (unpaired) electrons. The van der Waals surface area contributed by atoms with E-state index in [1.807, 2.05) is 0 Å². The van der Waals surface area contributed by atoms with E-state index in [0.717, 1.165) is 17.9 Å². The van der Waals surface area contributed by atoms with Gasteiger partial charge in [0.15, 0.2) is 9.84 Å². The molecule has 4 rings (SSSR count). The minimum absolute atomic E-state index is 0.0686. The lowest BCUT2D eigenvalue weighted by atomic mass is 10.1. The van der Waals surface area contributed by atoms with Crippen LogP contribution in [-0.4, -0.2) is 66.4 Å². The number of halogens is 1. The van der Waals surface area contributed by atoms with E-state index < -0.39 is 21.7 Å². The van der Waals surface area contributed by atoms with Crippen LogP contribution in [0.25, 0.3) is 0 Å². The van der Waals surface area contributed by atoms with Crippen LogP contribution in [0.2, 0.25) is 0 Å². The van der Waals surface area contributed by atoms with Crippen LogP contribution in [0, 0.1) is 5.82 Å². The van der Waals surface area contributed by atoms with E-state index in [1.165, 1.54) is 23.4 Å². The van der Waals surface area contributed by atoms with Crippen LogP contribution in [0.4, 0.5) is 26.5 Å². The molecule has 1 fully saturated rings. The second-order valence-corrected chi connectivity index (χ2v) is 9.52. The summed E-state index contributed by atoms with van der Waals surface area (Å²) in [5.74, 6) is 0.630. The Morgan fingerprint density at radius 3 is 2.60 bits per heavy atom. The van der Waals surface area contributed by atoms with Crippen LogP contribution < -0.4 is 10.2 Å². The summed E-state index contributed by atoms with van der Waals surface area (Å²) in [4.78, 5) is 22.8. The van der Waals surface area contributed by atoms with Crippen LogP contribution in [-0.2, 0) is 16.3 Å². The number of hydrogen-bond donors (Lipinski definition) is 2. The highest BCUT2D eigenvalue weighted by Crippen LogP contribution is 2.37. The summed E-state index contributed by atoms with van der Waals surface area (Å²) in [7, 11) is -3.49. The van der Waals surface area contributed by atoms with E-state index in [2.05, 4.69) is 15.3 Å². The fourth-order valence-corrected chi connectivity index (χ4v) is 4.53. The van der Waals surface area contributed by atoms with Crippen molar-refractivity contribution in [3.8, 4) is 0 Å². The van der Waals surface area contributed by atoms with Crippen molar-refractivity contribution in [3.63, 3.8) is 0 Å². The van der Waals surface area contributed by atoms with E-state index in [-0.39, 0.29) is 16.6 Å². The number of benzene rings is 1. The van der Waals surface area contributed by atoms with Gasteiger partial charge in [0, 0.05) is 37.5 Å². The Hall–Kier alpha value is -2.95. The van der Waals surface area contributed by atoms with Crippen molar-refractivity contribution in [2.75, 3.05) is 36.1 Å². The topological polar surface area (TPSA) is 116 Å². The largest absolute Gasteiger partial charge is 0.465 e. The SMILES string of the molecule is CS(=O)(=O)c1ccc(N2CCc3c(NC4CCN(C(=O)O)CC4)ncnc32)c(F)c1. The summed E-state index contributed by atoms with van der Waals surface area (Å²) in [6.45, 7) is 1.42. The lowest BCUT2D eigenvalue weighted by Gasteiger charge is -2.31. The molecule has 1 aromatic carbocycles. The van der Waals surface area contributed by atoms with Gasteiger partial charge in [-0.05, 0) is 37.5 Å². The van der Waals surface area contributed by atoms with Crippen LogP contribution >= 0.6 is 0 Å². The van der Waals surface area contributed by atoms with Gasteiger partial charge in [0.1, 0.15) is 23.8 Å². The van der Waals surface area contributed by atoms with Gasteiger partial charge in [-0.15, -0.1) is 0 Å². The first kappa shape index (κ1) is 20.3. The summed E-state index contributed by atoms with van der Waals surface area (Å²) in [5, 5.41) is 12.5. The van der Waals surface area contributed by atoms with Crippen LogP contribution in [0.5, 0.6) is 0 Å². The number of aromatic nitrogens is 2. The number of nitrogens with zero attached hydrogens (tertiary/aromatic N) is 4. The zero-order valence-electron chi connectivity index (χ0n) is 16.4. The Bertz CT molecular complexity index is 1090. The number of rotatable bonds is 4. The zero-order valence-corrected chi connectivity index (χ0v) is 17.2. The first-order valence-electron chi connectivity index (χ1n) is 9.59. The standard InChI is InChI=1S/C19H22FN5O4S/c1-30(28,29)13-2-3-16(15(20)10-13)25-9-6-14-17(21-11-22-18(14)25)23-12-4-7-24(8-5-12)19(26)27/h2-3,10-12H,4-9H2,1H3,(H,26,27)(H,21,22,23). The average Bonchev–Trinajstić information content (AvgIpc) is 3.12. The fraction of sp³-hybridized carbons (Fsp3) is 0.421. The van der Waals surface area contributed by atoms with E-state index in [4.69, 9.17) is 5.11 Å². The predicted octanol–water partition coefficient (Wildman–Crippen LogP) is 2.27. The molecule has 0 bridgehead atoms. The second-order valence-electron chi connectivity index (χ2n) is 7.50. The quantitative estimate of drug-likeness (QED) is 0.751. The normalized spacial score (nSPS) is 17.1. The Kier molecular flexibility index (Phi) is 5.22. The number of carbonyl (C=O) groups is 1. The van der Waals surface area contributed by atoms with Gasteiger partial charge in [-0.2, -0.15) is 0 Å². The highest BCUT2D eigenvalue weighted by atomic mass is 32.2. The first-order valence-corrected chi connectivity index (χ1v) is 11.5. The van der Waals surface area contributed by atoms with Gasteiger partial charge in [0.25, 0.3) is 0 Å². The maximum Gasteiger partial charge on any atom is 0.407 e. The molecule has 0 atom stereocenters. The number of likely N-dealkylation sites (tertiary alicyclic amines) is 1. The van der Waals surface area contributed by atoms with Crippen molar-refractivity contribution in [1.29, 1.82) is 0 Å². The molecule has 0 aliphatic carbocycles. The molecule has 11 heteroatoms. The molecule has 2 aliphatic rings. The molecule has 2 N–H and O–H groups in total. The smallest absolute Gasteiger partial charge is 0.407 e. The number of sulfone groups is 1. The van der Waals surface area contributed by atoms with Gasteiger partial charge in [-0.25, -0.2) is 27.6 Å².